The highest BCUT2D eigenvalue weighted by Crippen LogP contribution is 2.27. The van der Waals surface area contributed by atoms with Gasteiger partial charge in [0.2, 0.25) is 0 Å². The lowest BCUT2D eigenvalue weighted by Gasteiger charge is -2.09. The molecule has 1 heterocycles. The van der Waals surface area contributed by atoms with Crippen LogP contribution in [0, 0.1) is 11.3 Å². The molecule has 0 radical (unpaired) electrons. The van der Waals surface area contributed by atoms with E-state index >= 15 is 0 Å². The number of amides is 1. The van der Waals surface area contributed by atoms with Crippen LogP contribution in [-0.2, 0) is 5.75 Å². The predicted molar refractivity (Wildman–Crippen MR) is 137 cm³/mol. The molecule has 4 aromatic rings. The number of anilines is 1. The number of aromatic amines is 1. The van der Waals surface area contributed by atoms with E-state index in [1.165, 1.54) is 30.0 Å². The van der Waals surface area contributed by atoms with Gasteiger partial charge in [0.25, 0.3) is 11.5 Å². The third kappa shape index (κ3) is 5.84. The maximum absolute atomic E-state index is 12.6. The summed E-state index contributed by atoms with van der Waals surface area (Å²) >= 11 is 13.2. The molecule has 4 rings (SSSR count). The van der Waals surface area contributed by atoms with Crippen LogP contribution in [0.15, 0.2) is 76.7 Å². The van der Waals surface area contributed by atoms with Crippen molar-refractivity contribution in [1.82, 2.24) is 9.97 Å². The minimum atomic E-state index is -0.564. The van der Waals surface area contributed by atoms with Crippen molar-refractivity contribution in [3.8, 4) is 23.1 Å². The molecule has 0 aliphatic rings. The van der Waals surface area contributed by atoms with Gasteiger partial charge in [-0.1, -0.05) is 59.2 Å². The van der Waals surface area contributed by atoms with Crippen LogP contribution in [0.2, 0.25) is 10.0 Å². The Morgan fingerprint density at radius 1 is 1.09 bits per heavy atom. The van der Waals surface area contributed by atoms with Crippen LogP contribution in [0.1, 0.15) is 21.5 Å². The van der Waals surface area contributed by atoms with Gasteiger partial charge in [-0.25, -0.2) is 4.98 Å². The summed E-state index contributed by atoms with van der Waals surface area (Å²) in [4.78, 5) is 32.1. The number of carbonyl (C=O) groups is 1. The fourth-order valence-electron chi connectivity index (χ4n) is 3.22. The topological polar surface area (TPSA) is 119 Å². The van der Waals surface area contributed by atoms with Crippen molar-refractivity contribution in [3.63, 3.8) is 0 Å². The average molecular weight is 523 g/mol. The molecular weight excluding hydrogens is 507 g/mol. The Bertz CT molecular complexity index is 1530. The highest BCUT2D eigenvalue weighted by atomic mass is 35.5. The number of nitrogens with zero attached hydrogens (tertiary/aromatic N) is 2. The molecule has 174 valence electrons. The molecular formula is C25H16Cl2N4O3S. The van der Waals surface area contributed by atoms with Gasteiger partial charge in [0, 0.05) is 22.6 Å². The fourth-order valence-corrected chi connectivity index (χ4v) is 4.32. The number of hydrogen-bond acceptors (Lipinski definition) is 6. The predicted octanol–water partition coefficient (Wildman–Crippen LogP) is 5.87. The van der Waals surface area contributed by atoms with Crippen LogP contribution in [0.5, 0.6) is 5.75 Å². The van der Waals surface area contributed by atoms with Crippen LogP contribution >= 0.6 is 35.0 Å². The van der Waals surface area contributed by atoms with Gasteiger partial charge in [0.15, 0.2) is 5.16 Å². The molecule has 0 spiro atoms. The van der Waals surface area contributed by atoms with E-state index in [0.717, 1.165) is 5.56 Å². The molecule has 1 amide bonds. The number of carbonyl (C=O) groups excluding carboxylic acids is 1. The average Bonchev–Trinajstić information content (AvgIpc) is 2.84. The molecule has 0 saturated carbocycles. The lowest BCUT2D eigenvalue weighted by Crippen LogP contribution is -2.14. The molecule has 0 bridgehead atoms. The number of aromatic hydroxyl groups is 1. The van der Waals surface area contributed by atoms with E-state index in [1.54, 1.807) is 42.5 Å². The lowest BCUT2D eigenvalue weighted by atomic mass is 10.1. The molecule has 3 aromatic carbocycles. The third-order valence-corrected chi connectivity index (χ3v) is 6.55. The number of nitrogens with one attached hydrogen (secondary N) is 2. The molecule has 0 aliphatic heterocycles. The highest BCUT2D eigenvalue weighted by molar-refractivity contribution is 7.98. The van der Waals surface area contributed by atoms with Crippen molar-refractivity contribution in [3.05, 3.63) is 104 Å². The van der Waals surface area contributed by atoms with Crippen molar-refractivity contribution >= 4 is 46.6 Å². The van der Waals surface area contributed by atoms with Crippen molar-refractivity contribution in [2.45, 2.75) is 10.9 Å². The van der Waals surface area contributed by atoms with E-state index in [9.17, 15) is 20.0 Å². The number of rotatable bonds is 6. The quantitative estimate of drug-likeness (QED) is 0.215. The second-order valence-electron chi connectivity index (χ2n) is 7.33. The Hall–Kier alpha value is -3.77. The molecule has 35 heavy (non-hydrogen) atoms. The summed E-state index contributed by atoms with van der Waals surface area (Å²) in [6.07, 6.45) is 0. The second kappa shape index (κ2) is 10.7. The Morgan fingerprint density at radius 2 is 1.89 bits per heavy atom. The van der Waals surface area contributed by atoms with Crippen molar-refractivity contribution in [2.75, 3.05) is 5.32 Å². The number of benzene rings is 3. The van der Waals surface area contributed by atoms with Gasteiger partial charge >= 0.3 is 0 Å². The van der Waals surface area contributed by atoms with E-state index < -0.39 is 5.56 Å². The van der Waals surface area contributed by atoms with Gasteiger partial charge in [-0.05, 0) is 48.0 Å². The summed E-state index contributed by atoms with van der Waals surface area (Å²) in [6.45, 7) is 0. The van der Waals surface area contributed by atoms with Crippen molar-refractivity contribution in [2.24, 2.45) is 0 Å². The Morgan fingerprint density at radius 3 is 2.63 bits per heavy atom. The van der Waals surface area contributed by atoms with Gasteiger partial charge in [-0.15, -0.1) is 0 Å². The standard InChI is InChI=1S/C25H16Cl2N4O3S/c26-20-8-7-16(11-21(20)27)23(33)29-17-5-1-3-14(9-17)13-35-25-30-22(19(12-28)24(34)31-25)15-4-2-6-18(32)10-15/h1-11,32H,13H2,(H,29,33)(H,30,31,34). The first-order chi connectivity index (χ1) is 16.8. The minimum Gasteiger partial charge on any atom is -0.508 e. The number of H-pyrrole nitrogens is 1. The number of aromatic nitrogens is 2. The van der Waals surface area contributed by atoms with E-state index in [4.69, 9.17) is 23.2 Å². The lowest BCUT2D eigenvalue weighted by molar-refractivity contribution is 0.102. The zero-order chi connectivity index (χ0) is 24.9. The van der Waals surface area contributed by atoms with E-state index in [1.807, 2.05) is 12.1 Å². The van der Waals surface area contributed by atoms with Crippen molar-refractivity contribution in [1.29, 1.82) is 5.26 Å². The summed E-state index contributed by atoms with van der Waals surface area (Å²) in [6, 6.07) is 20.0. The molecule has 7 nitrogen and oxygen atoms in total. The Labute approximate surface area is 214 Å². The summed E-state index contributed by atoms with van der Waals surface area (Å²) in [7, 11) is 0. The van der Waals surface area contributed by atoms with Crippen LogP contribution in [0.4, 0.5) is 5.69 Å². The molecule has 0 unspecified atom stereocenters. The van der Waals surface area contributed by atoms with Gasteiger partial charge < -0.3 is 15.4 Å². The van der Waals surface area contributed by atoms with Gasteiger partial charge in [-0.2, -0.15) is 5.26 Å². The zero-order valence-electron chi connectivity index (χ0n) is 17.9. The maximum Gasteiger partial charge on any atom is 0.270 e. The number of phenols is 1. The second-order valence-corrected chi connectivity index (χ2v) is 9.11. The normalized spacial score (nSPS) is 10.5. The van der Waals surface area contributed by atoms with Crippen LogP contribution in [0.3, 0.4) is 0 Å². The van der Waals surface area contributed by atoms with Gasteiger partial charge in [-0.3, -0.25) is 9.59 Å². The molecule has 0 saturated heterocycles. The van der Waals surface area contributed by atoms with Crippen LogP contribution in [0.25, 0.3) is 11.3 Å². The first kappa shape index (κ1) is 24.4. The van der Waals surface area contributed by atoms with Crippen LogP contribution in [-0.4, -0.2) is 21.0 Å². The number of hydrogen-bond donors (Lipinski definition) is 3. The van der Waals surface area contributed by atoms with E-state index in [0.29, 0.717) is 37.8 Å². The SMILES string of the molecule is N#Cc1c(-c2cccc(O)c2)nc(SCc2cccc(NC(=O)c3ccc(Cl)c(Cl)c3)c2)[nH]c1=O. The first-order valence-electron chi connectivity index (χ1n) is 10.2. The van der Waals surface area contributed by atoms with Gasteiger partial charge in [0.1, 0.15) is 17.4 Å². The largest absolute Gasteiger partial charge is 0.508 e. The number of nitriles is 1. The third-order valence-electron chi connectivity index (χ3n) is 4.87. The summed E-state index contributed by atoms with van der Waals surface area (Å²) in [5.74, 6) is 0.106. The molecule has 1 aromatic heterocycles. The highest BCUT2D eigenvalue weighted by Gasteiger charge is 2.15. The molecule has 0 fully saturated rings. The molecule has 3 N–H and O–H groups in total. The number of phenolic OH excluding ortho intramolecular Hbond substituents is 1. The minimum absolute atomic E-state index is 0.00223. The Kier molecular flexibility index (Phi) is 7.42. The summed E-state index contributed by atoms with van der Waals surface area (Å²) in [5.41, 5.74) is 1.78. The summed E-state index contributed by atoms with van der Waals surface area (Å²) in [5, 5.41) is 23.0. The number of thioether (sulfide) groups is 1. The maximum atomic E-state index is 12.6. The zero-order valence-corrected chi connectivity index (χ0v) is 20.2. The van der Waals surface area contributed by atoms with Gasteiger partial charge in [0.05, 0.1) is 15.7 Å². The van der Waals surface area contributed by atoms with E-state index in [-0.39, 0.29) is 22.9 Å². The summed E-state index contributed by atoms with van der Waals surface area (Å²) < 4.78 is 0. The molecule has 0 aliphatic carbocycles. The van der Waals surface area contributed by atoms with E-state index in [2.05, 4.69) is 15.3 Å². The van der Waals surface area contributed by atoms with Crippen LogP contribution < -0.4 is 10.9 Å². The van der Waals surface area contributed by atoms with Crippen molar-refractivity contribution < 1.29 is 9.90 Å². The monoisotopic (exact) mass is 522 g/mol. The Balaban J connectivity index is 1.52. The molecule has 10 heteroatoms. The molecule has 0 atom stereocenters. The fraction of sp³-hybridized carbons (Fsp3) is 0.0400. The number of halogens is 2. The smallest absolute Gasteiger partial charge is 0.270 e. The first-order valence-corrected chi connectivity index (χ1v) is 11.9.